The Balaban J connectivity index is 1.24. The fourth-order valence-corrected chi connectivity index (χ4v) is 12.3. The van der Waals surface area contributed by atoms with Gasteiger partial charge in [-0.15, -0.1) is 0 Å². The lowest BCUT2D eigenvalue weighted by molar-refractivity contribution is -0.140. The van der Waals surface area contributed by atoms with Gasteiger partial charge in [0.25, 0.3) is 5.91 Å². The summed E-state index contributed by atoms with van der Waals surface area (Å²) in [5.41, 5.74) is 8.37. The Labute approximate surface area is 553 Å². The van der Waals surface area contributed by atoms with Crippen molar-refractivity contribution >= 4 is 103 Å². The Hall–Kier alpha value is -9.21. The van der Waals surface area contributed by atoms with E-state index >= 15 is 0 Å². The van der Waals surface area contributed by atoms with E-state index in [9.17, 15) is 85.7 Å². The summed E-state index contributed by atoms with van der Waals surface area (Å²) in [5, 5.41) is 40.6. The highest BCUT2D eigenvalue weighted by molar-refractivity contribution is 7.89. The van der Waals surface area contributed by atoms with Gasteiger partial charge < -0.3 is 52.0 Å². The molecule has 512 valence electrons. The zero-order valence-electron chi connectivity index (χ0n) is 52.8. The molecule has 25 nitrogen and oxygen atoms in total. The minimum Gasteiger partial charge on any atom is -0.497 e. The fourth-order valence-electron chi connectivity index (χ4n) is 10.8. The molecule has 28 heteroatoms. The smallest absolute Gasteiger partial charge is 0.305 e. The third-order valence-electron chi connectivity index (χ3n) is 15.8. The maximum atomic E-state index is 14.7. The van der Waals surface area contributed by atoms with E-state index in [1.54, 1.807) is 48.7 Å². The van der Waals surface area contributed by atoms with E-state index in [1.807, 2.05) is 11.6 Å². The fraction of sp³-hybridized carbons (Fsp3) is 0.433. The summed E-state index contributed by atoms with van der Waals surface area (Å²) >= 11 is 6.08. The Morgan fingerprint density at radius 3 is 1.87 bits per heavy atom. The molecule has 5 amide bonds. The number of carboxylic acids is 3. The second-order valence-corrected chi connectivity index (χ2v) is 25.5. The van der Waals surface area contributed by atoms with Crippen LogP contribution in [0.15, 0.2) is 102 Å². The molecule has 0 saturated heterocycles. The molecule has 5 aromatic rings. The molecule has 0 aliphatic heterocycles. The lowest BCUT2D eigenvalue weighted by Gasteiger charge is -2.24. The van der Waals surface area contributed by atoms with Crippen LogP contribution >= 0.6 is 11.6 Å². The van der Waals surface area contributed by atoms with Crippen molar-refractivity contribution < 1.29 is 90.4 Å². The molecule has 0 fully saturated rings. The highest BCUT2D eigenvalue weighted by Crippen LogP contribution is 2.25. The number of amides is 5. The normalized spacial score (nSPS) is 13.2. The molecule has 0 radical (unpaired) electrons. The number of rotatable bonds is 45. The van der Waals surface area contributed by atoms with Crippen molar-refractivity contribution in [2.45, 2.75) is 139 Å². The standard InChI is InChI=1S/C67H81ClFN7O18S/c1-40-27-45(31-48(68)28-40)66(90)72-26-9-7-12-42(63(70)87)32-50(77)14-4-3-8-25-71-64(88)43(17-23-60(81)82)35-58(79)56(34-47-38-73-55-16-6-5-15-54(47)55)75-67(91)46(29-41-11-10-13-49(69)30-41)33-51(78)39-74-65(89)44(18-24-61(83)84)36-59(80)57(37-62(85)86)76-95(92,93)53-21-19-52(94-2)20-22-53/h5-6,10-11,13,15-16,19-22,27-28,30-31,38,42-44,46,56-57,73,76H,3-4,7-9,12,14,17-18,23-26,29,32-37,39H2,1-2H3,(H2,70,87)(H,71,88)(H,72,90)(H,74,89)(H,75,91)(H,81,82)(H,83,84)(H,85,86)/t42-,43-,44-,46-,56+,57-/m1/s1. The van der Waals surface area contributed by atoms with Crippen LogP contribution in [0.1, 0.15) is 130 Å². The number of carbonyl (C=O) groups excluding carboxylic acids is 9. The number of aryl methyl sites for hydroxylation is 1. The predicted octanol–water partition coefficient (Wildman–Crippen LogP) is 6.28. The second-order valence-electron chi connectivity index (χ2n) is 23.4. The molecule has 1 aromatic heterocycles. The molecule has 5 rings (SSSR count). The van der Waals surface area contributed by atoms with E-state index in [1.165, 1.54) is 31.4 Å². The number of ketones is 4. The monoisotopic (exact) mass is 1360 g/mol. The Morgan fingerprint density at radius 2 is 1.24 bits per heavy atom. The van der Waals surface area contributed by atoms with E-state index in [-0.39, 0.29) is 60.8 Å². The number of aromatic amines is 1. The summed E-state index contributed by atoms with van der Waals surface area (Å²) in [4.78, 5) is 161. The van der Waals surface area contributed by atoms with Gasteiger partial charge >= 0.3 is 17.9 Å². The van der Waals surface area contributed by atoms with Gasteiger partial charge in [-0.3, -0.25) is 57.5 Å². The van der Waals surface area contributed by atoms with Crippen LogP contribution in [0.2, 0.25) is 5.02 Å². The second kappa shape index (κ2) is 38.2. The van der Waals surface area contributed by atoms with Crippen molar-refractivity contribution in [2.24, 2.45) is 29.4 Å². The van der Waals surface area contributed by atoms with Gasteiger partial charge in [0, 0.05) is 116 Å². The lowest BCUT2D eigenvalue weighted by atomic mass is 9.89. The van der Waals surface area contributed by atoms with E-state index in [0.717, 1.165) is 29.8 Å². The van der Waals surface area contributed by atoms with Crippen molar-refractivity contribution in [1.82, 2.24) is 31.0 Å². The molecule has 0 unspecified atom stereocenters. The minimum absolute atomic E-state index is 0.0636. The average Bonchev–Trinajstić information content (AvgIpc) is 1.82. The van der Waals surface area contributed by atoms with Crippen molar-refractivity contribution in [3.63, 3.8) is 0 Å². The van der Waals surface area contributed by atoms with Gasteiger partial charge in [-0.05, 0) is 129 Å². The molecule has 0 aliphatic carbocycles. The first-order valence-electron chi connectivity index (χ1n) is 31.0. The number of methoxy groups -OCH3 is 1. The van der Waals surface area contributed by atoms with Gasteiger partial charge in [-0.25, -0.2) is 17.5 Å². The number of carboxylic acid groups (broad SMARTS) is 3. The van der Waals surface area contributed by atoms with Gasteiger partial charge in [-0.2, -0.15) is 0 Å². The van der Waals surface area contributed by atoms with Crippen LogP contribution in [-0.2, 0) is 75.6 Å². The number of fused-ring (bicyclic) bond motifs is 1. The SMILES string of the molecule is COc1ccc(S(=O)(=O)N[C@H](CC(=O)O)C(=O)C[C@@H](CCC(=O)O)C(=O)NCC(=O)C[C@@H](Cc2cccc(F)c2)C(=O)N[C@@H](Cc2c[nH]c3ccccc23)C(=O)C[C@@H](CCC(=O)O)C(=O)NCCCCCC(=O)C[C@@H](CCCCNC(=O)c2cc(C)cc(Cl)c2)C(N)=O)cc1. The number of para-hydroxylation sites is 1. The van der Waals surface area contributed by atoms with Crippen LogP contribution < -0.4 is 36.5 Å². The largest absolute Gasteiger partial charge is 0.497 e. The molecule has 0 saturated carbocycles. The number of ether oxygens (including phenoxy) is 1. The van der Waals surface area contributed by atoms with Gasteiger partial charge in [0.15, 0.2) is 17.3 Å². The van der Waals surface area contributed by atoms with E-state index < -0.39 is 162 Å². The number of H-pyrrole nitrogens is 1. The van der Waals surface area contributed by atoms with Crippen LogP contribution in [0, 0.1) is 36.4 Å². The average molecular weight is 1360 g/mol. The number of aromatic nitrogens is 1. The summed E-state index contributed by atoms with van der Waals surface area (Å²) in [6.07, 6.45) is -1.30. The Kier molecular flexibility index (Phi) is 30.8. The third-order valence-corrected chi connectivity index (χ3v) is 17.5. The quantitative estimate of drug-likeness (QED) is 0.0192. The van der Waals surface area contributed by atoms with Crippen LogP contribution in [-0.4, -0.2) is 138 Å². The minimum atomic E-state index is -4.55. The number of carbonyl (C=O) groups is 12. The number of hydrogen-bond donors (Lipinski definition) is 10. The molecule has 11 N–H and O–H groups in total. The number of halogens is 2. The highest BCUT2D eigenvalue weighted by Gasteiger charge is 2.35. The topological polar surface area (TPSA) is 411 Å². The van der Waals surface area contributed by atoms with Crippen LogP contribution in [0.4, 0.5) is 4.39 Å². The number of aliphatic carboxylic acids is 3. The molecule has 6 atom stereocenters. The van der Waals surface area contributed by atoms with Crippen LogP contribution in [0.25, 0.3) is 10.9 Å². The first kappa shape index (κ1) is 76.5. The van der Waals surface area contributed by atoms with Crippen molar-refractivity contribution in [1.29, 1.82) is 0 Å². The molecule has 95 heavy (non-hydrogen) atoms. The number of sulfonamides is 1. The first-order chi connectivity index (χ1) is 45.1. The predicted molar refractivity (Wildman–Crippen MR) is 346 cm³/mol. The number of nitrogens with two attached hydrogens (primary N) is 1. The maximum absolute atomic E-state index is 14.7. The zero-order chi connectivity index (χ0) is 69.8. The number of benzene rings is 4. The molecule has 0 spiro atoms. The number of primary amides is 1. The summed E-state index contributed by atoms with van der Waals surface area (Å²) in [6, 6.07) is 18.7. The molecule has 4 aromatic carbocycles. The highest BCUT2D eigenvalue weighted by atomic mass is 35.5. The van der Waals surface area contributed by atoms with Gasteiger partial charge in [0.2, 0.25) is 33.7 Å². The summed E-state index contributed by atoms with van der Waals surface area (Å²) in [5.74, 6) is -15.8. The lowest BCUT2D eigenvalue weighted by Crippen LogP contribution is -2.47. The molecule has 1 heterocycles. The maximum Gasteiger partial charge on any atom is 0.305 e. The first-order valence-corrected chi connectivity index (χ1v) is 32.9. The van der Waals surface area contributed by atoms with Crippen molar-refractivity contribution in [2.75, 3.05) is 26.7 Å². The van der Waals surface area contributed by atoms with E-state index in [0.29, 0.717) is 77.9 Å². The number of hydrogen-bond acceptors (Lipinski definition) is 15. The number of nitrogens with one attached hydrogen (secondary N) is 6. The third kappa shape index (κ3) is 26.6. The van der Waals surface area contributed by atoms with Gasteiger partial charge in [0.05, 0.1) is 37.1 Å². The van der Waals surface area contributed by atoms with E-state index in [4.69, 9.17) is 22.1 Å². The summed E-state index contributed by atoms with van der Waals surface area (Å²) in [7, 11) is -3.21. The van der Waals surface area contributed by atoms with Crippen molar-refractivity contribution in [3.05, 3.63) is 130 Å². The summed E-state index contributed by atoms with van der Waals surface area (Å²) < 4.78 is 48.3. The number of Topliss-reactive ketones (excluding diaryl/α,β-unsaturated/α-hetero) is 4. The van der Waals surface area contributed by atoms with Crippen LogP contribution in [0.3, 0.4) is 0 Å². The Bertz CT molecular complexity index is 3660. The van der Waals surface area contributed by atoms with Crippen LogP contribution in [0.5, 0.6) is 5.75 Å². The van der Waals surface area contributed by atoms with Gasteiger partial charge in [0.1, 0.15) is 17.3 Å². The number of unbranched alkanes of at least 4 members (excludes halogenated alkanes) is 3. The Morgan fingerprint density at radius 1 is 0.611 bits per heavy atom. The molecule has 0 bridgehead atoms. The zero-order valence-corrected chi connectivity index (χ0v) is 54.3. The summed E-state index contributed by atoms with van der Waals surface area (Å²) in [6.45, 7) is 1.41. The van der Waals surface area contributed by atoms with Gasteiger partial charge in [-0.1, -0.05) is 54.8 Å². The molecular formula is C67H81ClFN7O18S. The molecular weight excluding hydrogens is 1280 g/mol. The van der Waals surface area contributed by atoms with E-state index in [2.05, 4.69) is 26.3 Å². The molecule has 0 aliphatic rings. The van der Waals surface area contributed by atoms with Crippen molar-refractivity contribution in [3.8, 4) is 5.75 Å².